The lowest BCUT2D eigenvalue weighted by Gasteiger charge is -1.85. The molecular weight excluding hydrogens is 114 g/mol. The molecule has 0 amide bonds. The Labute approximate surface area is 58.4 Å². The number of methoxy groups -OCH3 is 1. The second-order valence-electron chi connectivity index (χ2n) is 2.51. The first-order valence-electron chi connectivity index (χ1n) is 3.34. The highest BCUT2D eigenvalue weighted by atomic mass is 16.5. The first-order chi connectivity index (χ1) is 4.15. The van der Waals surface area contributed by atoms with Gasteiger partial charge in [-0.05, 0) is 5.92 Å². The van der Waals surface area contributed by atoms with Crippen molar-refractivity contribution in [1.82, 2.24) is 0 Å². The number of ether oxygens (including phenoxy) is 1. The van der Waals surface area contributed by atoms with E-state index < -0.39 is 0 Å². The summed E-state index contributed by atoms with van der Waals surface area (Å²) < 4.78 is 4.57. The van der Waals surface area contributed by atoms with E-state index in [1.807, 2.05) is 0 Å². The van der Waals surface area contributed by atoms with Crippen LogP contribution in [0, 0.1) is 5.92 Å². The Morgan fingerprint density at radius 2 is 1.67 bits per heavy atom. The van der Waals surface area contributed by atoms with Gasteiger partial charge >= 0.3 is 0 Å². The summed E-state index contributed by atoms with van der Waals surface area (Å²) in [6.07, 6.45) is 0. The van der Waals surface area contributed by atoms with Crippen molar-refractivity contribution < 1.29 is 4.74 Å². The van der Waals surface area contributed by atoms with Crippen LogP contribution >= 0.6 is 0 Å². The third-order valence-corrected chi connectivity index (χ3v) is 0.322. The molecule has 58 valence electrons. The zero-order chi connectivity index (χ0) is 7.70. The highest BCUT2D eigenvalue weighted by Gasteiger charge is 1.68. The highest BCUT2D eigenvalue weighted by Crippen LogP contribution is 1.81. The number of hydrogen-bond donors (Lipinski definition) is 1. The SMILES string of the molecule is CC(C)C.COCCN. The Hall–Kier alpha value is -0.0800. The molecule has 0 aliphatic heterocycles. The highest BCUT2D eigenvalue weighted by molar-refractivity contribution is 4.22. The molecule has 0 saturated carbocycles. The van der Waals surface area contributed by atoms with Gasteiger partial charge in [0.2, 0.25) is 0 Å². The van der Waals surface area contributed by atoms with Crippen LogP contribution in [0.25, 0.3) is 0 Å². The Kier molecular flexibility index (Phi) is 14.0. The molecule has 2 heteroatoms. The summed E-state index contributed by atoms with van der Waals surface area (Å²) in [5.41, 5.74) is 5.01. The lowest BCUT2D eigenvalue weighted by molar-refractivity contribution is 0.207. The minimum atomic E-state index is 0.622. The molecule has 0 aliphatic rings. The van der Waals surface area contributed by atoms with Gasteiger partial charge in [-0.1, -0.05) is 20.8 Å². The van der Waals surface area contributed by atoms with E-state index in [-0.39, 0.29) is 0 Å². The van der Waals surface area contributed by atoms with E-state index in [1.54, 1.807) is 7.11 Å². The topological polar surface area (TPSA) is 35.2 Å². The maximum Gasteiger partial charge on any atom is 0.0584 e. The van der Waals surface area contributed by atoms with Crippen molar-refractivity contribution in [2.24, 2.45) is 11.7 Å². The molecule has 2 nitrogen and oxygen atoms in total. The quantitative estimate of drug-likeness (QED) is 0.615. The van der Waals surface area contributed by atoms with Crippen LogP contribution in [0.3, 0.4) is 0 Å². The molecule has 0 saturated heterocycles. The van der Waals surface area contributed by atoms with Crippen molar-refractivity contribution in [3.8, 4) is 0 Å². The van der Waals surface area contributed by atoms with Gasteiger partial charge in [-0.3, -0.25) is 0 Å². The van der Waals surface area contributed by atoms with E-state index in [0.717, 1.165) is 5.92 Å². The molecule has 0 heterocycles. The van der Waals surface area contributed by atoms with Gasteiger partial charge in [-0.15, -0.1) is 0 Å². The standard InChI is InChI=1S/C4H10.C3H9NO/c1-4(2)3;1-5-3-2-4/h4H,1-3H3;2-4H2,1H3. The first kappa shape index (κ1) is 11.7. The lowest BCUT2D eigenvalue weighted by Crippen LogP contribution is -2.05. The maximum atomic E-state index is 5.01. The van der Waals surface area contributed by atoms with Crippen LogP contribution in [0.5, 0.6) is 0 Å². The monoisotopic (exact) mass is 133 g/mol. The Morgan fingerprint density at radius 3 is 1.67 bits per heavy atom. The molecule has 0 aromatic carbocycles. The molecule has 0 radical (unpaired) electrons. The summed E-state index contributed by atoms with van der Waals surface area (Å²) in [5, 5.41) is 0. The van der Waals surface area contributed by atoms with Gasteiger partial charge in [0.1, 0.15) is 0 Å². The van der Waals surface area contributed by atoms with Crippen LogP contribution in [0.15, 0.2) is 0 Å². The average molecular weight is 133 g/mol. The van der Waals surface area contributed by atoms with Crippen molar-refractivity contribution in [1.29, 1.82) is 0 Å². The van der Waals surface area contributed by atoms with Gasteiger partial charge in [0, 0.05) is 13.7 Å². The van der Waals surface area contributed by atoms with E-state index in [9.17, 15) is 0 Å². The van der Waals surface area contributed by atoms with E-state index >= 15 is 0 Å². The van der Waals surface area contributed by atoms with E-state index in [0.29, 0.717) is 13.2 Å². The van der Waals surface area contributed by atoms with Gasteiger partial charge in [-0.25, -0.2) is 0 Å². The molecular formula is C7H19NO. The van der Waals surface area contributed by atoms with Gasteiger partial charge < -0.3 is 10.5 Å². The van der Waals surface area contributed by atoms with E-state index in [4.69, 9.17) is 5.73 Å². The van der Waals surface area contributed by atoms with E-state index in [2.05, 4.69) is 25.5 Å². The summed E-state index contributed by atoms with van der Waals surface area (Å²) in [7, 11) is 1.63. The molecule has 0 unspecified atom stereocenters. The maximum absolute atomic E-state index is 5.01. The summed E-state index contributed by atoms with van der Waals surface area (Å²) in [6.45, 7) is 7.79. The summed E-state index contributed by atoms with van der Waals surface area (Å²) in [6, 6.07) is 0. The molecule has 0 rings (SSSR count). The molecule has 0 bridgehead atoms. The molecule has 0 fully saturated rings. The third-order valence-electron chi connectivity index (χ3n) is 0.322. The minimum absolute atomic E-state index is 0.622. The summed E-state index contributed by atoms with van der Waals surface area (Å²) >= 11 is 0. The van der Waals surface area contributed by atoms with Crippen molar-refractivity contribution in [3.63, 3.8) is 0 Å². The van der Waals surface area contributed by atoms with Crippen molar-refractivity contribution in [2.45, 2.75) is 20.8 Å². The molecule has 2 N–H and O–H groups in total. The Morgan fingerprint density at radius 1 is 1.33 bits per heavy atom. The predicted octanol–water partition coefficient (Wildman–Crippen LogP) is 1.25. The molecule has 0 aliphatic carbocycles. The van der Waals surface area contributed by atoms with E-state index in [1.165, 1.54) is 0 Å². The fraction of sp³-hybridized carbons (Fsp3) is 1.00. The minimum Gasteiger partial charge on any atom is -0.383 e. The normalized spacial score (nSPS) is 8.67. The van der Waals surface area contributed by atoms with Gasteiger partial charge in [-0.2, -0.15) is 0 Å². The molecule has 0 spiro atoms. The Bertz CT molecular complexity index is 33.1. The van der Waals surface area contributed by atoms with Crippen molar-refractivity contribution in [3.05, 3.63) is 0 Å². The van der Waals surface area contributed by atoms with Gasteiger partial charge in [0.05, 0.1) is 6.61 Å². The largest absolute Gasteiger partial charge is 0.383 e. The van der Waals surface area contributed by atoms with Gasteiger partial charge in [0.15, 0.2) is 0 Å². The van der Waals surface area contributed by atoms with Crippen LogP contribution in [-0.2, 0) is 4.74 Å². The van der Waals surface area contributed by atoms with Crippen molar-refractivity contribution in [2.75, 3.05) is 20.3 Å². The summed E-state index contributed by atoms with van der Waals surface area (Å²) in [4.78, 5) is 0. The fourth-order valence-electron chi connectivity index (χ4n) is 0.118. The molecule has 9 heavy (non-hydrogen) atoms. The van der Waals surface area contributed by atoms with Crippen LogP contribution < -0.4 is 5.73 Å². The molecule has 0 atom stereocenters. The molecule has 0 aromatic heterocycles. The Balaban J connectivity index is 0. The second kappa shape index (κ2) is 10.8. The zero-order valence-electron chi connectivity index (χ0n) is 6.98. The van der Waals surface area contributed by atoms with Crippen LogP contribution in [0.2, 0.25) is 0 Å². The number of nitrogens with two attached hydrogens (primary N) is 1. The zero-order valence-corrected chi connectivity index (χ0v) is 6.98. The second-order valence-corrected chi connectivity index (χ2v) is 2.51. The number of hydrogen-bond acceptors (Lipinski definition) is 2. The van der Waals surface area contributed by atoms with Crippen LogP contribution in [0.1, 0.15) is 20.8 Å². The van der Waals surface area contributed by atoms with Gasteiger partial charge in [0.25, 0.3) is 0 Å². The molecule has 0 aromatic rings. The third kappa shape index (κ3) is 75.3. The number of rotatable bonds is 2. The van der Waals surface area contributed by atoms with Crippen LogP contribution in [0.4, 0.5) is 0 Å². The average Bonchev–Trinajstić information content (AvgIpc) is 1.66. The fourth-order valence-corrected chi connectivity index (χ4v) is 0.118. The predicted molar refractivity (Wildman–Crippen MR) is 41.4 cm³/mol. The van der Waals surface area contributed by atoms with Crippen LogP contribution in [-0.4, -0.2) is 20.3 Å². The summed E-state index contributed by atoms with van der Waals surface area (Å²) in [5.74, 6) is 0.833. The first-order valence-corrected chi connectivity index (χ1v) is 3.34. The van der Waals surface area contributed by atoms with Crippen molar-refractivity contribution >= 4 is 0 Å². The lowest BCUT2D eigenvalue weighted by atomic mass is 10.3. The smallest absolute Gasteiger partial charge is 0.0584 e.